The third-order valence-corrected chi connectivity index (χ3v) is 9.67. The summed E-state index contributed by atoms with van der Waals surface area (Å²) >= 11 is 2.97. The number of nitrogens with zero attached hydrogens (tertiary/aromatic N) is 5. The zero-order chi connectivity index (χ0) is 33.7. The molecular formula is C35H31BrF3N7O2. The molecule has 0 saturated heterocycles. The number of carbonyl (C=O) groups excluding carboxylic acids is 1. The van der Waals surface area contributed by atoms with E-state index in [1.807, 2.05) is 55.5 Å². The molecule has 0 saturated carbocycles. The van der Waals surface area contributed by atoms with Gasteiger partial charge in [0.15, 0.2) is 5.82 Å². The van der Waals surface area contributed by atoms with Crippen LogP contribution in [0.4, 0.5) is 19.0 Å². The van der Waals surface area contributed by atoms with E-state index in [-0.39, 0.29) is 28.6 Å². The van der Waals surface area contributed by atoms with E-state index in [1.165, 1.54) is 12.1 Å². The molecule has 246 valence electrons. The van der Waals surface area contributed by atoms with Gasteiger partial charge in [0.1, 0.15) is 5.65 Å². The fourth-order valence-corrected chi connectivity index (χ4v) is 7.16. The summed E-state index contributed by atoms with van der Waals surface area (Å²) in [4.78, 5) is 30.3. The molecule has 0 aliphatic carbocycles. The molecule has 3 aromatic carbocycles. The van der Waals surface area contributed by atoms with Gasteiger partial charge in [0, 0.05) is 52.5 Å². The molecule has 1 atom stereocenters. The predicted octanol–water partition coefficient (Wildman–Crippen LogP) is 7.14. The average molecular weight is 719 g/mol. The molecule has 0 unspecified atom stereocenters. The van der Waals surface area contributed by atoms with Crippen LogP contribution in [-0.2, 0) is 25.6 Å². The Morgan fingerprint density at radius 2 is 1.90 bits per heavy atom. The number of H-pyrrole nitrogens is 1. The van der Waals surface area contributed by atoms with Gasteiger partial charge in [-0.15, -0.1) is 0 Å². The van der Waals surface area contributed by atoms with Gasteiger partial charge in [-0.1, -0.05) is 59.6 Å². The molecule has 0 spiro atoms. The number of hydrogen-bond acceptors (Lipinski definition) is 5. The Bertz CT molecular complexity index is 2240. The van der Waals surface area contributed by atoms with Crippen LogP contribution in [0.3, 0.4) is 0 Å². The van der Waals surface area contributed by atoms with Gasteiger partial charge < -0.3 is 10.2 Å². The summed E-state index contributed by atoms with van der Waals surface area (Å²) in [7, 11) is 1.79. The molecule has 3 aromatic heterocycles. The lowest BCUT2D eigenvalue weighted by atomic mass is 9.94. The first kappa shape index (κ1) is 31.7. The first-order valence-electron chi connectivity index (χ1n) is 15.6. The summed E-state index contributed by atoms with van der Waals surface area (Å²) < 4.78 is 44.6. The lowest BCUT2D eigenvalue weighted by Gasteiger charge is -2.37. The summed E-state index contributed by atoms with van der Waals surface area (Å²) in [6, 6.07) is 18.6. The summed E-state index contributed by atoms with van der Waals surface area (Å²) in [6.07, 6.45) is -0.892. The summed E-state index contributed by atoms with van der Waals surface area (Å²) in [5.74, 6) is 0.157. The van der Waals surface area contributed by atoms with Crippen LogP contribution in [0.2, 0.25) is 0 Å². The van der Waals surface area contributed by atoms with E-state index in [0.29, 0.717) is 47.7 Å². The number of carbonyl (C=O) groups is 1. The van der Waals surface area contributed by atoms with Crippen molar-refractivity contribution in [1.82, 2.24) is 29.3 Å². The van der Waals surface area contributed by atoms with Crippen molar-refractivity contribution in [2.24, 2.45) is 0 Å². The molecule has 1 aliphatic heterocycles. The fourth-order valence-electron chi connectivity index (χ4n) is 6.69. The molecular weight excluding hydrogens is 687 g/mol. The largest absolute Gasteiger partial charge is 0.417 e. The van der Waals surface area contributed by atoms with Crippen molar-refractivity contribution in [1.29, 1.82) is 0 Å². The third-order valence-electron chi connectivity index (χ3n) is 8.97. The smallest absolute Gasteiger partial charge is 0.371 e. The molecule has 13 heteroatoms. The second kappa shape index (κ2) is 12.3. The van der Waals surface area contributed by atoms with Crippen molar-refractivity contribution in [2.75, 3.05) is 12.4 Å². The second-order valence-corrected chi connectivity index (χ2v) is 12.8. The van der Waals surface area contributed by atoms with Gasteiger partial charge in [0.05, 0.1) is 35.2 Å². The van der Waals surface area contributed by atoms with Crippen LogP contribution in [0, 0.1) is 0 Å². The molecule has 1 amide bonds. The standard InChI is InChI=1S/C35H31BrF3N7O2/c1-3-7-23-16-26-30(19-44(23)33(47)21-10-13-28(36)27(15-21)35(37,38)39)46-32(22(18-41-46)14-20-8-5-4-6-9-20)45(34(26)48)24-11-12-25-29(17-24)42-43-31(25)40-2/h4-6,8-13,15,17-18,23H,3,7,14,16,19H2,1-2H3,(H2,40,42,43)/t23-/m0/s1. The number of halogens is 4. The number of fused-ring (bicyclic) bond motifs is 4. The normalized spacial score (nSPS) is 14.9. The van der Waals surface area contributed by atoms with Crippen LogP contribution >= 0.6 is 15.9 Å². The van der Waals surface area contributed by atoms with Crippen LogP contribution in [0.5, 0.6) is 0 Å². The van der Waals surface area contributed by atoms with Crippen molar-refractivity contribution in [2.45, 2.75) is 51.4 Å². The fraction of sp³-hybridized carbons (Fsp3) is 0.257. The predicted molar refractivity (Wildman–Crippen MR) is 181 cm³/mol. The van der Waals surface area contributed by atoms with Crippen LogP contribution in [0.15, 0.2) is 82.2 Å². The molecule has 2 N–H and O–H groups in total. The Labute approximate surface area is 281 Å². The maximum absolute atomic E-state index is 14.7. The molecule has 4 heterocycles. The quantitative estimate of drug-likeness (QED) is 0.183. The topological polar surface area (TPSA) is 100 Å². The van der Waals surface area contributed by atoms with E-state index in [9.17, 15) is 22.8 Å². The highest BCUT2D eigenvalue weighted by Gasteiger charge is 2.37. The van der Waals surface area contributed by atoms with Gasteiger partial charge >= 0.3 is 6.18 Å². The van der Waals surface area contributed by atoms with Crippen molar-refractivity contribution in [3.8, 4) is 5.69 Å². The van der Waals surface area contributed by atoms with E-state index in [2.05, 4.69) is 31.4 Å². The van der Waals surface area contributed by atoms with Crippen LogP contribution < -0.4 is 10.9 Å². The number of nitrogens with one attached hydrogen (secondary N) is 2. The highest BCUT2D eigenvalue weighted by molar-refractivity contribution is 9.10. The zero-order valence-electron chi connectivity index (χ0n) is 26.1. The summed E-state index contributed by atoms with van der Waals surface area (Å²) in [5.41, 5.74) is 3.61. The number of aromatic nitrogens is 5. The van der Waals surface area contributed by atoms with Crippen molar-refractivity contribution >= 4 is 44.2 Å². The minimum atomic E-state index is -4.64. The molecule has 0 bridgehead atoms. The Balaban J connectivity index is 1.41. The molecule has 48 heavy (non-hydrogen) atoms. The molecule has 7 rings (SSSR count). The number of rotatable bonds is 7. The Hall–Kier alpha value is -4.91. The maximum atomic E-state index is 14.7. The SMILES string of the molecule is CCC[C@H]1Cc2c(n3ncc(Cc4ccccc4)c3n(-c3ccc4c(NC)n[nH]c4c3)c2=O)CN1C(=O)c1ccc(Br)c(C(F)(F)F)c1. The minimum absolute atomic E-state index is 0.0143. The third kappa shape index (κ3) is 5.45. The van der Waals surface area contributed by atoms with Gasteiger partial charge in [0.25, 0.3) is 11.5 Å². The average Bonchev–Trinajstić information content (AvgIpc) is 3.68. The van der Waals surface area contributed by atoms with E-state index in [1.54, 1.807) is 27.2 Å². The van der Waals surface area contributed by atoms with E-state index >= 15 is 0 Å². The molecule has 0 radical (unpaired) electrons. The monoisotopic (exact) mass is 717 g/mol. The Morgan fingerprint density at radius 3 is 2.62 bits per heavy atom. The number of aromatic amines is 1. The van der Waals surface area contributed by atoms with Crippen LogP contribution in [0.25, 0.3) is 22.2 Å². The van der Waals surface area contributed by atoms with Crippen LogP contribution in [-0.4, -0.2) is 48.3 Å². The Kier molecular flexibility index (Phi) is 8.10. The Morgan fingerprint density at radius 1 is 1.10 bits per heavy atom. The van der Waals surface area contributed by atoms with Gasteiger partial charge in [-0.25, -0.2) is 4.52 Å². The number of amides is 1. The summed E-state index contributed by atoms with van der Waals surface area (Å²) in [6.45, 7) is 1.99. The number of benzene rings is 3. The number of alkyl halides is 3. The van der Waals surface area contributed by atoms with Gasteiger partial charge in [-0.3, -0.25) is 19.3 Å². The molecule has 6 aromatic rings. The molecule has 1 aliphatic rings. The number of anilines is 1. The minimum Gasteiger partial charge on any atom is -0.371 e. The van der Waals surface area contributed by atoms with E-state index in [0.717, 1.165) is 28.1 Å². The van der Waals surface area contributed by atoms with Crippen molar-refractivity contribution in [3.05, 3.63) is 121 Å². The lowest BCUT2D eigenvalue weighted by Crippen LogP contribution is -2.47. The van der Waals surface area contributed by atoms with Crippen LogP contribution in [0.1, 0.15) is 58.1 Å². The maximum Gasteiger partial charge on any atom is 0.417 e. The molecule has 0 fully saturated rings. The van der Waals surface area contributed by atoms with Gasteiger partial charge in [-0.2, -0.15) is 23.4 Å². The second-order valence-electron chi connectivity index (χ2n) is 12.0. The summed E-state index contributed by atoms with van der Waals surface area (Å²) in [5, 5.41) is 16.1. The lowest BCUT2D eigenvalue weighted by molar-refractivity contribution is -0.138. The highest BCUT2D eigenvalue weighted by atomic mass is 79.9. The van der Waals surface area contributed by atoms with E-state index in [4.69, 9.17) is 5.10 Å². The van der Waals surface area contributed by atoms with Crippen molar-refractivity contribution in [3.63, 3.8) is 0 Å². The van der Waals surface area contributed by atoms with E-state index < -0.39 is 23.7 Å². The van der Waals surface area contributed by atoms with Crippen molar-refractivity contribution < 1.29 is 18.0 Å². The first-order chi connectivity index (χ1) is 23.1. The first-order valence-corrected chi connectivity index (χ1v) is 16.4. The van der Waals surface area contributed by atoms with Gasteiger partial charge in [0.2, 0.25) is 0 Å². The highest BCUT2D eigenvalue weighted by Crippen LogP contribution is 2.36. The number of hydrogen-bond donors (Lipinski definition) is 2. The molecule has 9 nitrogen and oxygen atoms in total. The van der Waals surface area contributed by atoms with Gasteiger partial charge in [-0.05, 0) is 48.4 Å². The zero-order valence-corrected chi connectivity index (χ0v) is 27.7.